The van der Waals surface area contributed by atoms with Gasteiger partial charge in [-0.3, -0.25) is 0 Å². The van der Waals surface area contributed by atoms with Crippen LogP contribution in [0.25, 0.3) is 11.1 Å². The minimum Gasteiger partial charge on any atom is -0.449 e. The zero-order chi connectivity index (χ0) is 17.1. The summed E-state index contributed by atoms with van der Waals surface area (Å²) in [5.74, 6) is -0.0118. The highest BCUT2D eigenvalue weighted by molar-refractivity contribution is 5.79. The molecule has 2 aromatic carbocycles. The van der Waals surface area contributed by atoms with Gasteiger partial charge in [-0.05, 0) is 29.2 Å². The zero-order valence-electron chi connectivity index (χ0n) is 13.5. The number of hydrogen-bond donors (Lipinski definition) is 3. The number of ether oxygens (including phenoxy) is 1. The molecule has 0 spiro atoms. The van der Waals surface area contributed by atoms with Crippen LogP contribution in [0.5, 0.6) is 0 Å². The molecule has 2 atom stereocenters. The second-order valence-electron chi connectivity index (χ2n) is 6.00. The molecule has 0 fully saturated rings. The summed E-state index contributed by atoms with van der Waals surface area (Å²) >= 11 is 0. The highest BCUT2D eigenvalue weighted by atomic mass is 16.5. The molecule has 1 amide bonds. The summed E-state index contributed by atoms with van der Waals surface area (Å²) in [5.41, 5.74) is 4.61. The Bertz CT molecular complexity index is 683. The standard InChI is InChI=1S/C19H21NO4/c1-12(22)18(10-21)20-19(23)24-11-17-15-8-4-2-6-13(15)14-7-3-5-9-16(14)17/h2-9,12,17-18,21-22H,10-11H2,1H3,(H,20,23)/t12?,18-/m1/s1. The molecule has 0 heterocycles. The minimum absolute atomic E-state index is 0.0118. The first-order valence-electron chi connectivity index (χ1n) is 8.02. The number of carbonyl (C=O) groups excluding carboxylic acids is 1. The normalized spacial score (nSPS) is 15.3. The SMILES string of the molecule is CC(O)[C@@H](CO)NC(=O)OCC1c2ccccc2-c2ccccc21. The zero-order valence-corrected chi connectivity index (χ0v) is 13.5. The molecule has 2 aromatic rings. The van der Waals surface area contributed by atoms with Gasteiger partial charge in [0, 0.05) is 5.92 Å². The van der Waals surface area contributed by atoms with Gasteiger partial charge in [-0.2, -0.15) is 0 Å². The van der Waals surface area contributed by atoms with Gasteiger partial charge in [-0.1, -0.05) is 48.5 Å². The molecule has 0 aromatic heterocycles. The van der Waals surface area contributed by atoms with Crippen LogP contribution < -0.4 is 5.32 Å². The van der Waals surface area contributed by atoms with Crippen molar-refractivity contribution >= 4 is 6.09 Å². The molecule has 1 aliphatic carbocycles. The fourth-order valence-electron chi connectivity index (χ4n) is 3.11. The van der Waals surface area contributed by atoms with Gasteiger partial charge in [-0.15, -0.1) is 0 Å². The van der Waals surface area contributed by atoms with Gasteiger partial charge < -0.3 is 20.3 Å². The number of amides is 1. The second kappa shape index (κ2) is 7.03. The van der Waals surface area contributed by atoms with Crippen LogP contribution in [0, 0.1) is 0 Å². The number of carbonyl (C=O) groups is 1. The molecule has 0 saturated heterocycles. The van der Waals surface area contributed by atoms with Crippen LogP contribution in [-0.2, 0) is 4.74 Å². The van der Waals surface area contributed by atoms with E-state index in [1.807, 2.05) is 36.4 Å². The molecule has 0 bridgehead atoms. The van der Waals surface area contributed by atoms with Gasteiger partial charge in [0.15, 0.2) is 0 Å². The molecular formula is C19H21NO4. The van der Waals surface area contributed by atoms with Crippen molar-refractivity contribution in [3.63, 3.8) is 0 Å². The van der Waals surface area contributed by atoms with Crippen molar-refractivity contribution in [2.75, 3.05) is 13.2 Å². The van der Waals surface area contributed by atoms with Crippen LogP contribution in [0.2, 0.25) is 0 Å². The third kappa shape index (κ3) is 3.13. The van der Waals surface area contributed by atoms with Crippen molar-refractivity contribution in [2.24, 2.45) is 0 Å². The molecule has 3 rings (SSSR count). The predicted molar refractivity (Wildman–Crippen MR) is 90.8 cm³/mol. The van der Waals surface area contributed by atoms with E-state index >= 15 is 0 Å². The van der Waals surface area contributed by atoms with Gasteiger partial charge in [0.05, 0.1) is 18.8 Å². The van der Waals surface area contributed by atoms with Crippen molar-refractivity contribution in [1.29, 1.82) is 0 Å². The lowest BCUT2D eigenvalue weighted by Crippen LogP contribution is -2.45. The van der Waals surface area contributed by atoms with E-state index in [0.29, 0.717) is 0 Å². The highest BCUT2D eigenvalue weighted by Gasteiger charge is 2.29. The number of rotatable bonds is 5. The summed E-state index contributed by atoms with van der Waals surface area (Å²) in [6.07, 6.45) is -1.49. The highest BCUT2D eigenvalue weighted by Crippen LogP contribution is 2.44. The molecule has 1 unspecified atom stereocenters. The Balaban J connectivity index is 1.73. The molecule has 24 heavy (non-hydrogen) atoms. The molecule has 0 saturated carbocycles. The summed E-state index contributed by atoms with van der Waals surface area (Å²) in [6, 6.07) is 15.5. The molecule has 0 radical (unpaired) electrons. The Morgan fingerprint density at radius 3 is 2.17 bits per heavy atom. The topological polar surface area (TPSA) is 78.8 Å². The van der Waals surface area contributed by atoms with Crippen LogP contribution in [0.4, 0.5) is 4.79 Å². The van der Waals surface area contributed by atoms with Gasteiger partial charge in [0.2, 0.25) is 0 Å². The number of hydrogen-bond acceptors (Lipinski definition) is 4. The lowest BCUT2D eigenvalue weighted by atomic mass is 9.98. The van der Waals surface area contributed by atoms with E-state index in [1.54, 1.807) is 0 Å². The Labute approximate surface area is 140 Å². The number of nitrogens with one attached hydrogen (secondary N) is 1. The lowest BCUT2D eigenvalue weighted by Gasteiger charge is -2.20. The summed E-state index contributed by atoms with van der Waals surface area (Å²) in [4.78, 5) is 11.9. The van der Waals surface area contributed by atoms with Gasteiger partial charge in [0.1, 0.15) is 6.61 Å². The average molecular weight is 327 g/mol. The maximum atomic E-state index is 11.9. The van der Waals surface area contributed by atoms with E-state index in [0.717, 1.165) is 11.1 Å². The molecule has 0 aliphatic heterocycles. The fraction of sp³-hybridized carbons (Fsp3) is 0.316. The quantitative estimate of drug-likeness (QED) is 0.787. The third-order valence-electron chi connectivity index (χ3n) is 4.43. The Morgan fingerprint density at radius 1 is 1.12 bits per heavy atom. The van der Waals surface area contributed by atoms with Gasteiger partial charge in [0.25, 0.3) is 0 Å². The average Bonchev–Trinajstić information content (AvgIpc) is 2.91. The van der Waals surface area contributed by atoms with Crippen LogP contribution >= 0.6 is 0 Å². The van der Waals surface area contributed by atoms with E-state index in [9.17, 15) is 9.90 Å². The number of aliphatic hydroxyl groups excluding tert-OH is 2. The number of aliphatic hydroxyl groups is 2. The molecule has 1 aliphatic rings. The lowest BCUT2D eigenvalue weighted by molar-refractivity contribution is 0.0872. The van der Waals surface area contributed by atoms with Crippen molar-refractivity contribution in [3.8, 4) is 11.1 Å². The summed E-state index contributed by atoms with van der Waals surface area (Å²) in [6.45, 7) is 1.37. The molecule has 126 valence electrons. The van der Waals surface area contributed by atoms with Crippen LogP contribution in [0.15, 0.2) is 48.5 Å². The van der Waals surface area contributed by atoms with Gasteiger partial charge >= 0.3 is 6.09 Å². The van der Waals surface area contributed by atoms with E-state index in [2.05, 4.69) is 17.4 Å². The molecule has 5 nitrogen and oxygen atoms in total. The Kier molecular flexibility index (Phi) is 4.83. The van der Waals surface area contributed by atoms with E-state index < -0.39 is 18.2 Å². The maximum Gasteiger partial charge on any atom is 0.407 e. The molecule has 5 heteroatoms. The van der Waals surface area contributed by atoms with Crippen LogP contribution in [0.3, 0.4) is 0 Å². The smallest absolute Gasteiger partial charge is 0.407 e. The number of benzene rings is 2. The summed E-state index contributed by atoms with van der Waals surface area (Å²) in [5, 5.41) is 21.1. The van der Waals surface area contributed by atoms with E-state index in [4.69, 9.17) is 9.84 Å². The van der Waals surface area contributed by atoms with Crippen LogP contribution in [0.1, 0.15) is 24.0 Å². The first-order chi connectivity index (χ1) is 11.6. The van der Waals surface area contributed by atoms with E-state index in [-0.39, 0.29) is 19.1 Å². The molecule has 3 N–H and O–H groups in total. The van der Waals surface area contributed by atoms with Crippen molar-refractivity contribution < 1.29 is 19.7 Å². The Hall–Kier alpha value is -2.37. The third-order valence-corrected chi connectivity index (χ3v) is 4.43. The summed E-state index contributed by atoms with van der Waals surface area (Å²) in [7, 11) is 0. The molecular weight excluding hydrogens is 306 g/mol. The van der Waals surface area contributed by atoms with Crippen LogP contribution in [-0.4, -0.2) is 41.7 Å². The maximum absolute atomic E-state index is 11.9. The monoisotopic (exact) mass is 327 g/mol. The summed E-state index contributed by atoms with van der Waals surface area (Å²) < 4.78 is 5.35. The van der Waals surface area contributed by atoms with Crippen molar-refractivity contribution in [3.05, 3.63) is 59.7 Å². The Morgan fingerprint density at radius 2 is 1.67 bits per heavy atom. The number of alkyl carbamates (subject to hydrolysis) is 1. The van der Waals surface area contributed by atoms with Crippen molar-refractivity contribution in [2.45, 2.75) is 25.0 Å². The number of fused-ring (bicyclic) bond motifs is 3. The van der Waals surface area contributed by atoms with Gasteiger partial charge in [-0.25, -0.2) is 4.79 Å². The predicted octanol–water partition coefficient (Wildman–Crippen LogP) is 2.27. The first kappa shape index (κ1) is 16.5. The van der Waals surface area contributed by atoms with E-state index in [1.165, 1.54) is 18.1 Å². The van der Waals surface area contributed by atoms with Crippen molar-refractivity contribution in [1.82, 2.24) is 5.32 Å². The first-order valence-corrected chi connectivity index (χ1v) is 8.02. The minimum atomic E-state index is -0.851. The second-order valence-corrected chi connectivity index (χ2v) is 6.00. The largest absolute Gasteiger partial charge is 0.449 e. The fourth-order valence-corrected chi connectivity index (χ4v) is 3.11.